The van der Waals surface area contributed by atoms with Gasteiger partial charge in [0.2, 0.25) is 0 Å². The number of allylic oxidation sites excluding steroid dienone is 1. The standard InChI is InChI=1S/C8H12/c1-6-4-7-2-3-8(6)5-7/h7-8H,1-5H2/t7?,8-/m0/s1. The molecule has 0 aromatic rings. The smallest absolute Gasteiger partial charge is 0.0203 e. The predicted molar refractivity (Wildman–Crippen MR) is 34.6 cm³/mol. The number of rotatable bonds is 0. The van der Waals surface area contributed by atoms with Crippen LogP contribution >= 0.6 is 0 Å². The molecular weight excluding hydrogens is 96.1 g/mol. The van der Waals surface area contributed by atoms with E-state index >= 15 is 0 Å². The third-order valence-electron chi connectivity index (χ3n) is 2.67. The second-order valence-electron chi connectivity index (χ2n) is 3.24. The Balaban J connectivity index is 2.22. The van der Waals surface area contributed by atoms with Crippen LogP contribution in [0.4, 0.5) is 0 Å². The van der Waals surface area contributed by atoms with Crippen LogP contribution in [0.1, 0.15) is 25.7 Å². The average Bonchev–Trinajstić information content (AvgIpc) is 2.23. The molecule has 0 radical (unpaired) electrons. The van der Waals surface area contributed by atoms with Crippen molar-refractivity contribution in [2.75, 3.05) is 0 Å². The van der Waals surface area contributed by atoms with Gasteiger partial charge in [-0.05, 0) is 37.5 Å². The van der Waals surface area contributed by atoms with E-state index in [4.69, 9.17) is 0 Å². The van der Waals surface area contributed by atoms with Crippen molar-refractivity contribution in [1.29, 1.82) is 0 Å². The second-order valence-corrected chi connectivity index (χ2v) is 3.24. The summed E-state index contributed by atoms with van der Waals surface area (Å²) in [6.07, 6.45) is 5.76. The fraction of sp³-hybridized carbons (Fsp3) is 0.750. The maximum Gasteiger partial charge on any atom is -0.0203 e. The first-order chi connectivity index (χ1) is 3.86. The summed E-state index contributed by atoms with van der Waals surface area (Å²) >= 11 is 0. The Morgan fingerprint density at radius 2 is 2.25 bits per heavy atom. The lowest BCUT2D eigenvalue weighted by Crippen LogP contribution is -1.95. The molecule has 0 N–H and O–H groups in total. The van der Waals surface area contributed by atoms with Crippen molar-refractivity contribution in [2.24, 2.45) is 11.8 Å². The lowest BCUT2D eigenvalue weighted by molar-refractivity contribution is 0.562. The number of fused-ring (bicyclic) bond motifs is 2. The first kappa shape index (κ1) is 4.60. The Kier molecular flexibility index (Phi) is 0.787. The highest BCUT2D eigenvalue weighted by Crippen LogP contribution is 2.46. The van der Waals surface area contributed by atoms with Gasteiger partial charge in [-0.1, -0.05) is 12.2 Å². The maximum atomic E-state index is 4.04. The van der Waals surface area contributed by atoms with Crippen LogP contribution in [0, 0.1) is 11.8 Å². The van der Waals surface area contributed by atoms with Crippen molar-refractivity contribution in [3.8, 4) is 0 Å². The summed E-state index contributed by atoms with van der Waals surface area (Å²) in [6.45, 7) is 4.04. The van der Waals surface area contributed by atoms with Crippen LogP contribution < -0.4 is 0 Å². The third-order valence-corrected chi connectivity index (χ3v) is 2.67. The van der Waals surface area contributed by atoms with Crippen molar-refractivity contribution in [1.82, 2.24) is 0 Å². The molecule has 2 rings (SSSR count). The van der Waals surface area contributed by atoms with Crippen LogP contribution in [-0.2, 0) is 0 Å². The monoisotopic (exact) mass is 108 g/mol. The average molecular weight is 108 g/mol. The molecule has 0 aromatic carbocycles. The van der Waals surface area contributed by atoms with Crippen LogP contribution in [0.5, 0.6) is 0 Å². The normalized spacial score (nSPS) is 43.8. The Morgan fingerprint density at radius 3 is 2.50 bits per heavy atom. The molecule has 0 heterocycles. The van der Waals surface area contributed by atoms with E-state index in [2.05, 4.69) is 6.58 Å². The van der Waals surface area contributed by atoms with E-state index in [0.29, 0.717) is 0 Å². The maximum absolute atomic E-state index is 4.04. The minimum Gasteiger partial charge on any atom is -0.0996 e. The lowest BCUT2D eigenvalue weighted by atomic mass is 9.96. The molecule has 2 bridgehead atoms. The van der Waals surface area contributed by atoms with Gasteiger partial charge in [0.05, 0.1) is 0 Å². The van der Waals surface area contributed by atoms with Crippen molar-refractivity contribution in [3.05, 3.63) is 12.2 Å². The van der Waals surface area contributed by atoms with E-state index in [1.807, 2.05) is 0 Å². The molecule has 2 aliphatic carbocycles. The topological polar surface area (TPSA) is 0 Å². The number of hydrogen-bond donors (Lipinski definition) is 0. The highest BCUT2D eigenvalue weighted by Gasteiger charge is 2.33. The molecule has 0 amide bonds. The lowest BCUT2D eigenvalue weighted by Gasteiger charge is -2.09. The molecule has 0 nitrogen and oxygen atoms in total. The molecule has 2 saturated carbocycles. The molecule has 2 aliphatic rings. The fourth-order valence-corrected chi connectivity index (χ4v) is 2.17. The Hall–Kier alpha value is -0.260. The Bertz CT molecular complexity index is 124. The summed E-state index contributed by atoms with van der Waals surface area (Å²) in [6, 6.07) is 0. The van der Waals surface area contributed by atoms with E-state index in [1.54, 1.807) is 5.57 Å². The van der Waals surface area contributed by atoms with Gasteiger partial charge < -0.3 is 0 Å². The van der Waals surface area contributed by atoms with E-state index in [1.165, 1.54) is 25.7 Å². The third kappa shape index (κ3) is 0.460. The summed E-state index contributed by atoms with van der Waals surface area (Å²) < 4.78 is 0. The molecule has 2 atom stereocenters. The highest BCUT2D eigenvalue weighted by molar-refractivity contribution is 5.12. The van der Waals surface area contributed by atoms with Gasteiger partial charge in [0, 0.05) is 0 Å². The first-order valence-corrected chi connectivity index (χ1v) is 3.54. The van der Waals surface area contributed by atoms with Crippen molar-refractivity contribution in [2.45, 2.75) is 25.7 Å². The SMILES string of the molecule is C=C1CC2CC[C@H]1C2. The summed E-state index contributed by atoms with van der Waals surface area (Å²) in [4.78, 5) is 0. The molecule has 2 fully saturated rings. The largest absolute Gasteiger partial charge is 0.0996 e. The zero-order valence-electron chi connectivity index (χ0n) is 5.19. The first-order valence-electron chi connectivity index (χ1n) is 3.54. The highest BCUT2D eigenvalue weighted by atomic mass is 14.4. The summed E-state index contributed by atoms with van der Waals surface area (Å²) in [7, 11) is 0. The molecular formula is C8H12. The minimum absolute atomic E-state index is 0.944. The zero-order chi connectivity index (χ0) is 5.56. The van der Waals surface area contributed by atoms with Gasteiger partial charge in [0.25, 0.3) is 0 Å². The molecule has 0 spiro atoms. The Labute approximate surface area is 50.6 Å². The fourth-order valence-electron chi connectivity index (χ4n) is 2.17. The molecule has 1 unspecified atom stereocenters. The quantitative estimate of drug-likeness (QED) is 0.418. The van der Waals surface area contributed by atoms with Gasteiger partial charge in [-0.2, -0.15) is 0 Å². The summed E-state index contributed by atoms with van der Waals surface area (Å²) in [5.74, 6) is 1.99. The van der Waals surface area contributed by atoms with Gasteiger partial charge in [0.15, 0.2) is 0 Å². The van der Waals surface area contributed by atoms with Gasteiger partial charge in [-0.15, -0.1) is 0 Å². The van der Waals surface area contributed by atoms with E-state index in [-0.39, 0.29) is 0 Å². The van der Waals surface area contributed by atoms with E-state index < -0.39 is 0 Å². The van der Waals surface area contributed by atoms with Crippen molar-refractivity contribution >= 4 is 0 Å². The second kappa shape index (κ2) is 1.37. The van der Waals surface area contributed by atoms with E-state index in [9.17, 15) is 0 Å². The molecule has 0 aromatic heterocycles. The molecule has 0 saturated heterocycles. The zero-order valence-corrected chi connectivity index (χ0v) is 5.19. The van der Waals surface area contributed by atoms with Crippen molar-refractivity contribution < 1.29 is 0 Å². The minimum atomic E-state index is 0.944. The molecule has 0 heteroatoms. The van der Waals surface area contributed by atoms with Gasteiger partial charge in [-0.3, -0.25) is 0 Å². The van der Waals surface area contributed by atoms with Gasteiger partial charge in [0.1, 0.15) is 0 Å². The van der Waals surface area contributed by atoms with Crippen LogP contribution in [-0.4, -0.2) is 0 Å². The van der Waals surface area contributed by atoms with Crippen LogP contribution in [0.2, 0.25) is 0 Å². The summed E-state index contributed by atoms with van der Waals surface area (Å²) in [5, 5.41) is 0. The van der Waals surface area contributed by atoms with Gasteiger partial charge in [-0.25, -0.2) is 0 Å². The molecule has 44 valence electrons. The van der Waals surface area contributed by atoms with E-state index in [0.717, 1.165) is 11.8 Å². The molecule has 8 heavy (non-hydrogen) atoms. The molecule has 0 aliphatic heterocycles. The van der Waals surface area contributed by atoms with Gasteiger partial charge >= 0.3 is 0 Å². The Morgan fingerprint density at radius 1 is 1.38 bits per heavy atom. The van der Waals surface area contributed by atoms with Crippen molar-refractivity contribution in [3.63, 3.8) is 0 Å². The summed E-state index contributed by atoms with van der Waals surface area (Å²) in [5.41, 5.74) is 1.54. The van der Waals surface area contributed by atoms with Crippen LogP contribution in [0.25, 0.3) is 0 Å². The number of hydrogen-bond acceptors (Lipinski definition) is 0. The van der Waals surface area contributed by atoms with Crippen LogP contribution in [0.3, 0.4) is 0 Å². The van der Waals surface area contributed by atoms with Crippen LogP contribution in [0.15, 0.2) is 12.2 Å². The predicted octanol–water partition coefficient (Wildman–Crippen LogP) is 2.36.